The number of alkyl halides is 3. The van der Waals surface area contributed by atoms with E-state index in [2.05, 4.69) is 17.2 Å². The highest BCUT2D eigenvalue weighted by Crippen LogP contribution is 2.61. The van der Waals surface area contributed by atoms with Gasteiger partial charge >= 0.3 is 6.18 Å². The largest absolute Gasteiger partial charge is 0.433 e. The van der Waals surface area contributed by atoms with Gasteiger partial charge in [0.25, 0.3) is 5.91 Å². The Hall–Kier alpha value is -1.59. The fourth-order valence-corrected chi connectivity index (χ4v) is 5.84. The van der Waals surface area contributed by atoms with Gasteiger partial charge in [-0.05, 0) is 80.8 Å². The molecular formula is C19H23F3N2O. The van der Waals surface area contributed by atoms with Crippen LogP contribution in [0.15, 0.2) is 18.3 Å². The van der Waals surface area contributed by atoms with Gasteiger partial charge in [0.1, 0.15) is 5.69 Å². The summed E-state index contributed by atoms with van der Waals surface area (Å²) in [5.41, 5.74) is -0.619. The van der Waals surface area contributed by atoms with Crippen molar-refractivity contribution in [3.8, 4) is 0 Å². The molecular weight excluding hydrogens is 329 g/mol. The number of nitrogens with one attached hydrogen (secondary N) is 1. The molecule has 3 nitrogen and oxygen atoms in total. The van der Waals surface area contributed by atoms with E-state index in [1.807, 2.05) is 0 Å². The molecule has 1 heterocycles. The van der Waals surface area contributed by atoms with E-state index in [4.69, 9.17) is 0 Å². The first-order valence-corrected chi connectivity index (χ1v) is 9.09. The van der Waals surface area contributed by atoms with Crippen molar-refractivity contribution in [2.75, 3.05) is 0 Å². The Labute approximate surface area is 145 Å². The minimum Gasteiger partial charge on any atom is -0.349 e. The topological polar surface area (TPSA) is 42.0 Å². The van der Waals surface area contributed by atoms with Crippen LogP contribution < -0.4 is 5.32 Å². The van der Waals surface area contributed by atoms with E-state index in [0.717, 1.165) is 30.0 Å². The first kappa shape index (κ1) is 16.9. The van der Waals surface area contributed by atoms with Gasteiger partial charge < -0.3 is 5.32 Å². The minimum atomic E-state index is -4.48. The Morgan fingerprint density at radius 1 is 1.16 bits per heavy atom. The number of carbonyl (C=O) groups excluding carboxylic acids is 1. The second-order valence-corrected chi connectivity index (χ2v) is 8.40. The number of carbonyl (C=O) groups is 1. The van der Waals surface area contributed by atoms with E-state index >= 15 is 0 Å². The summed E-state index contributed by atoms with van der Waals surface area (Å²) in [4.78, 5) is 15.9. The van der Waals surface area contributed by atoms with E-state index < -0.39 is 11.9 Å². The highest BCUT2D eigenvalue weighted by molar-refractivity contribution is 5.94. The van der Waals surface area contributed by atoms with Gasteiger partial charge in [-0.25, -0.2) is 0 Å². The second-order valence-electron chi connectivity index (χ2n) is 8.40. The Bertz CT molecular complexity index is 633. The standard InChI is InChI=1S/C19H23F3N2O/c1-11(18-7-12-4-13(8-18)6-14(5-12)9-18)24-17(25)15-2-3-16(23-10-15)19(20,21)22/h2-3,10-14H,4-9H2,1H3,(H,24,25). The van der Waals surface area contributed by atoms with Crippen molar-refractivity contribution < 1.29 is 18.0 Å². The Morgan fingerprint density at radius 2 is 1.72 bits per heavy atom. The van der Waals surface area contributed by atoms with Crippen LogP contribution in [-0.2, 0) is 6.18 Å². The lowest BCUT2D eigenvalue weighted by atomic mass is 9.48. The van der Waals surface area contributed by atoms with Crippen LogP contribution in [-0.4, -0.2) is 16.9 Å². The number of pyridine rings is 1. The summed E-state index contributed by atoms with van der Waals surface area (Å²) in [5, 5.41) is 3.05. The maximum absolute atomic E-state index is 12.6. The Balaban J connectivity index is 1.46. The van der Waals surface area contributed by atoms with Crippen molar-refractivity contribution in [1.29, 1.82) is 0 Å². The molecule has 0 radical (unpaired) electrons. The van der Waals surface area contributed by atoms with E-state index in [9.17, 15) is 18.0 Å². The van der Waals surface area contributed by atoms with E-state index in [1.54, 1.807) is 0 Å². The fraction of sp³-hybridized carbons (Fsp3) is 0.684. The number of hydrogen-bond donors (Lipinski definition) is 1. The van der Waals surface area contributed by atoms with Crippen LogP contribution in [0.5, 0.6) is 0 Å². The fourth-order valence-electron chi connectivity index (χ4n) is 5.84. The molecule has 5 rings (SSSR count). The summed E-state index contributed by atoms with van der Waals surface area (Å²) in [6, 6.07) is 2.11. The van der Waals surface area contributed by atoms with Crippen LogP contribution in [0.1, 0.15) is 61.5 Å². The van der Waals surface area contributed by atoms with Crippen LogP contribution in [0.4, 0.5) is 13.2 Å². The first-order chi connectivity index (χ1) is 11.7. The molecule has 136 valence electrons. The quantitative estimate of drug-likeness (QED) is 0.874. The van der Waals surface area contributed by atoms with Crippen LogP contribution in [0.2, 0.25) is 0 Å². The summed E-state index contributed by atoms with van der Waals surface area (Å²) in [6.07, 6.45) is 4.06. The number of rotatable bonds is 3. The van der Waals surface area contributed by atoms with E-state index in [1.165, 1.54) is 44.6 Å². The van der Waals surface area contributed by atoms with E-state index in [0.29, 0.717) is 0 Å². The lowest BCUT2D eigenvalue weighted by molar-refractivity contribution is -0.141. The Kier molecular flexibility index (Phi) is 3.85. The molecule has 0 spiro atoms. The number of aromatic nitrogens is 1. The molecule has 4 aliphatic rings. The summed E-state index contributed by atoms with van der Waals surface area (Å²) in [5.74, 6) is 2.04. The highest BCUT2D eigenvalue weighted by Gasteiger charge is 2.53. The monoisotopic (exact) mass is 352 g/mol. The first-order valence-electron chi connectivity index (χ1n) is 9.09. The zero-order valence-corrected chi connectivity index (χ0v) is 14.3. The molecule has 0 aliphatic heterocycles. The van der Waals surface area contributed by atoms with Gasteiger partial charge in [-0.15, -0.1) is 0 Å². The van der Waals surface area contributed by atoms with Crippen LogP contribution in [0, 0.1) is 23.2 Å². The average molecular weight is 352 g/mol. The molecule has 4 fully saturated rings. The smallest absolute Gasteiger partial charge is 0.349 e. The SMILES string of the molecule is CC(NC(=O)c1ccc(C(F)(F)F)nc1)C12CC3CC(CC(C3)C1)C2. The van der Waals surface area contributed by atoms with Gasteiger partial charge in [-0.2, -0.15) is 13.2 Å². The van der Waals surface area contributed by atoms with Crippen molar-refractivity contribution in [3.05, 3.63) is 29.6 Å². The van der Waals surface area contributed by atoms with Crippen molar-refractivity contribution in [1.82, 2.24) is 10.3 Å². The second kappa shape index (κ2) is 5.71. The molecule has 1 atom stereocenters. The summed E-state index contributed by atoms with van der Waals surface area (Å²) in [7, 11) is 0. The van der Waals surface area contributed by atoms with Crippen molar-refractivity contribution in [3.63, 3.8) is 0 Å². The van der Waals surface area contributed by atoms with E-state index in [-0.39, 0.29) is 22.9 Å². The van der Waals surface area contributed by atoms with Gasteiger partial charge in [-0.1, -0.05) is 0 Å². The molecule has 1 amide bonds. The Morgan fingerprint density at radius 3 is 2.16 bits per heavy atom. The lowest BCUT2D eigenvalue weighted by Crippen LogP contribution is -2.55. The molecule has 4 aliphatic carbocycles. The van der Waals surface area contributed by atoms with Gasteiger partial charge in [0, 0.05) is 12.2 Å². The third kappa shape index (κ3) is 3.04. The number of nitrogens with zero attached hydrogens (tertiary/aromatic N) is 1. The van der Waals surface area contributed by atoms with Gasteiger partial charge in [0.15, 0.2) is 0 Å². The summed E-state index contributed by atoms with van der Waals surface area (Å²) in [6.45, 7) is 2.06. The number of amides is 1. The number of hydrogen-bond acceptors (Lipinski definition) is 2. The zero-order chi connectivity index (χ0) is 17.8. The van der Waals surface area contributed by atoms with Crippen molar-refractivity contribution in [2.45, 2.75) is 57.7 Å². The summed E-state index contributed by atoms with van der Waals surface area (Å²) >= 11 is 0. The van der Waals surface area contributed by atoms with Crippen LogP contribution >= 0.6 is 0 Å². The van der Waals surface area contributed by atoms with Crippen LogP contribution in [0.25, 0.3) is 0 Å². The molecule has 1 aromatic heterocycles. The van der Waals surface area contributed by atoms with Gasteiger partial charge in [0.05, 0.1) is 5.56 Å². The molecule has 25 heavy (non-hydrogen) atoms. The number of halogens is 3. The molecule has 6 heteroatoms. The summed E-state index contributed by atoms with van der Waals surface area (Å²) < 4.78 is 37.8. The minimum absolute atomic E-state index is 0.0377. The van der Waals surface area contributed by atoms with Gasteiger partial charge in [0.2, 0.25) is 0 Å². The predicted molar refractivity (Wildman–Crippen MR) is 86.8 cm³/mol. The molecule has 0 saturated heterocycles. The van der Waals surface area contributed by atoms with Crippen LogP contribution in [0.3, 0.4) is 0 Å². The molecule has 4 bridgehead atoms. The molecule has 1 unspecified atom stereocenters. The molecule has 4 saturated carbocycles. The maximum Gasteiger partial charge on any atom is 0.433 e. The lowest BCUT2D eigenvalue weighted by Gasteiger charge is -2.59. The third-order valence-corrected chi connectivity index (χ3v) is 6.67. The van der Waals surface area contributed by atoms with Crippen molar-refractivity contribution in [2.24, 2.45) is 23.2 Å². The predicted octanol–water partition coefficient (Wildman–Crippen LogP) is 4.44. The van der Waals surface area contributed by atoms with Gasteiger partial charge in [-0.3, -0.25) is 9.78 Å². The zero-order valence-electron chi connectivity index (χ0n) is 14.3. The molecule has 1 N–H and O–H groups in total. The molecule has 1 aromatic rings. The third-order valence-electron chi connectivity index (χ3n) is 6.67. The highest BCUT2D eigenvalue weighted by atomic mass is 19.4. The normalized spacial score (nSPS) is 34.8. The maximum atomic E-state index is 12.6. The average Bonchev–Trinajstić information content (AvgIpc) is 2.52. The van der Waals surface area contributed by atoms with Crippen molar-refractivity contribution >= 4 is 5.91 Å². The molecule has 0 aromatic carbocycles.